The summed E-state index contributed by atoms with van der Waals surface area (Å²) < 4.78 is 2.42. The predicted octanol–water partition coefficient (Wildman–Crippen LogP) is 2.17. The van der Waals surface area contributed by atoms with Crippen LogP contribution in [0.25, 0.3) is 31.3 Å². The van der Waals surface area contributed by atoms with Crippen LogP contribution in [-0.4, -0.2) is 19.9 Å². The summed E-state index contributed by atoms with van der Waals surface area (Å²) in [6.07, 6.45) is 0. The van der Waals surface area contributed by atoms with Crippen molar-refractivity contribution in [2.75, 3.05) is 5.73 Å². The van der Waals surface area contributed by atoms with Crippen molar-refractivity contribution in [1.29, 1.82) is 0 Å². The summed E-state index contributed by atoms with van der Waals surface area (Å²) in [6.45, 7) is 0. The van der Waals surface area contributed by atoms with Crippen LogP contribution in [0.15, 0.2) is 22.3 Å². The molecule has 8 heteroatoms. The minimum Gasteiger partial charge on any atom is -0.369 e. The third-order valence-corrected chi connectivity index (χ3v) is 4.85. The van der Waals surface area contributed by atoms with E-state index >= 15 is 0 Å². The SMILES string of the molecule is Nc1nc2nc(-c3cc4sccc4s3)[nH]c2c(=O)[nH]1. The maximum Gasteiger partial charge on any atom is 0.278 e. The molecule has 0 bridgehead atoms. The minimum atomic E-state index is -0.306. The van der Waals surface area contributed by atoms with Crippen LogP contribution in [0.1, 0.15) is 0 Å². The number of nitrogens with zero attached hydrogens (tertiary/aromatic N) is 2. The number of rotatable bonds is 1. The second kappa shape index (κ2) is 3.65. The molecule has 94 valence electrons. The molecule has 0 amide bonds. The van der Waals surface area contributed by atoms with Gasteiger partial charge >= 0.3 is 0 Å². The summed E-state index contributed by atoms with van der Waals surface area (Å²) in [5, 5.41) is 2.05. The first-order chi connectivity index (χ1) is 9.20. The molecule has 0 atom stereocenters. The third kappa shape index (κ3) is 1.57. The summed E-state index contributed by atoms with van der Waals surface area (Å²) in [7, 11) is 0. The summed E-state index contributed by atoms with van der Waals surface area (Å²) in [5.74, 6) is 0.717. The van der Waals surface area contributed by atoms with Crippen molar-refractivity contribution in [2.24, 2.45) is 0 Å². The molecule has 4 rings (SSSR count). The molecule has 4 aromatic heterocycles. The molecule has 0 aliphatic heterocycles. The van der Waals surface area contributed by atoms with E-state index in [1.807, 2.05) is 0 Å². The smallest absolute Gasteiger partial charge is 0.278 e. The molecule has 0 fully saturated rings. The molecular formula is C11H7N5OS2. The topological polar surface area (TPSA) is 100 Å². The lowest BCUT2D eigenvalue weighted by molar-refractivity contribution is 1.17. The van der Waals surface area contributed by atoms with Gasteiger partial charge in [-0.1, -0.05) is 0 Å². The Kier molecular flexibility index (Phi) is 2.06. The van der Waals surface area contributed by atoms with E-state index in [0.717, 1.165) is 4.88 Å². The number of aromatic nitrogens is 4. The first kappa shape index (κ1) is 10.7. The zero-order chi connectivity index (χ0) is 13.0. The van der Waals surface area contributed by atoms with Crippen molar-refractivity contribution >= 4 is 49.2 Å². The number of aromatic amines is 2. The van der Waals surface area contributed by atoms with E-state index < -0.39 is 0 Å². The number of nitrogen functional groups attached to an aromatic ring is 1. The number of nitrogens with two attached hydrogens (primary N) is 1. The highest BCUT2D eigenvalue weighted by Crippen LogP contribution is 2.35. The normalized spacial score (nSPS) is 11.6. The van der Waals surface area contributed by atoms with Crippen LogP contribution in [0.3, 0.4) is 0 Å². The van der Waals surface area contributed by atoms with Crippen LogP contribution in [-0.2, 0) is 0 Å². The molecule has 0 aliphatic rings. The standard InChI is InChI=1S/C11H7N5OS2/c12-11-15-9-7(10(17)16-11)13-8(14-9)6-3-5-4(19-6)1-2-18-5/h1-3H,(H4,12,13,14,15,16,17). The van der Waals surface area contributed by atoms with Crippen molar-refractivity contribution in [3.8, 4) is 10.7 Å². The van der Waals surface area contributed by atoms with E-state index in [0.29, 0.717) is 17.0 Å². The van der Waals surface area contributed by atoms with Gasteiger partial charge in [0.15, 0.2) is 17.0 Å². The zero-order valence-corrected chi connectivity index (χ0v) is 11.1. The van der Waals surface area contributed by atoms with Crippen LogP contribution < -0.4 is 11.3 Å². The summed E-state index contributed by atoms with van der Waals surface area (Å²) in [6, 6.07) is 4.12. The van der Waals surface area contributed by atoms with Crippen molar-refractivity contribution in [1.82, 2.24) is 19.9 Å². The lowest BCUT2D eigenvalue weighted by atomic mass is 10.4. The summed E-state index contributed by atoms with van der Waals surface area (Å²) in [4.78, 5) is 26.5. The van der Waals surface area contributed by atoms with Gasteiger partial charge in [0.05, 0.1) is 4.88 Å². The van der Waals surface area contributed by atoms with E-state index in [1.165, 1.54) is 9.40 Å². The molecule has 0 aliphatic carbocycles. The number of imidazole rings is 1. The molecule has 19 heavy (non-hydrogen) atoms. The average Bonchev–Trinajstić information content (AvgIpc) is 2.98. The van der Waals surface area contributed by atoms with Gasteiger partial charge in [0.25, 0.3) is 5.56 Å². The van der Waals surface area contributed by atoms with Crippen molar-refractivity contribution in [2.45, 2.75) is 0 Å². The zero-order valence-electron chi connectivity index (χ0n) is 9.43. The summed E-state index contributed by atoms with van der Waals surface area (Å²) >= 11 is 3.31. The quantitative estimate of drug-likeness (QED) is 0.500. The van der Waals surface area contributed by atoms with Crippen LogP contribution in [0.4, 0.5) is 5.95 Å². The van der Waals surface area contributed by atoms with E-state index in [9.17, 15) is 4.79 Å². The number of hydrogen-bond acceptors (Lipinski definition) is 6. The Hall–Kier alpha value is -2.19. The Morgan fingerprint density at radius 3 is 2.95 bits per heavy atom. The van der Waals surface area contributed by atoms with Crippen LogP contribution >= 0.6 is 22.7 Å². The molecule has 4 aromatic rings. The molecular weight excluding hydrogens is 282 g/mol. The molecule has 0 saturated heterocycles. The lowest BCUT2D eigenvalue weighted by Gasteiger charge is -1.89. The second-order valence-corrected chi connectivity index (χ2v) is 6.03. The first-order valence-electron chi connectivity index (χ1n) is 5.43. The Morgan fingerprint density at radius 1 is 1.21 bits per heavy atom. The van der Waals surface area contributed by atoms with Crippen LogP contribution in [0.5, 0.6) is 0 Å². The molecule has 6 nitrogen and oxygen atoms in total. The molecule has 4 N–H and O–H groups in total. The predicted molar refractivity (Wildman–Crippen MR) is 77.6 cm³/mol. The number of thiophene rings is 2. The fourth-order valence-corrected chi connectivity index (χ4v) is 3.98. The Labute approximate surface area is 114 Å². The van der Waals surface area contributed by atoms with Crippen LogP contribution in [0.2, 0.25) is 0 Å². The maximum atomic E-state index is 11.7. The molecule has 0 aromatic carbocycles. The van der Waals surface area contributed by atoms with E-state index in [4.69, 9.17) is 5.73 Å². The number of hydrogen-bond donors (Lipinski definition) is 3. The highest BCUT2D eigenvalue weighted by molar-refractivity contribution is 7.28. The number of H-pyrrole nitrogens is 2. The van der Waals surface area contributed by atoms with E-state index in [1.54, 1.807) is 22.7 Å². The highest BCUT2D eigenvalue weighted by atomic mass is 32.1. The van der Waals surface area contributed by atoms with Gasteiger partial charge in [0.1, 0.15) is 0 Å². The van der Waals surface area contributed by atoms with E-state index in [2.05, 4.69) is 37.4 Å². The van der Waals surface area contributed by atoms with Gasteiger partial charge in [-0.15, -0.1) is 22.7 Å². The van der Waals surface area contributed by atoms with Crippen molar-refractivity contribution in [3.63, 3.8) is 0 Å². The Balaban J connectivity index is 1.98. The van der Waals surface area contributed by atoms with Gasteiger partial charge in [-0.2, -0.15) is 4.98 Å². The highest BCUT2D eigenvalue weighted by Gasteiger charge is 2.12. The van der Waals surface area contributed by atoms with Crippen molar-refractivity contribution in [3.05, 3.63) is 27.9 Å². The third-order valence-electron chi connectivity index (χ3n) is 2.75. The van der Waals surface area contributed by atoms with Crippen molar-refractivity contribution < 1.29 is 0 Å². The summed E-state index contributed by atoms with van der Waals surface area (Å²) in [5.41, 5.74) is 5.88. The monoisotopic (exact) mass is 289 g/mol. The first-order valence-corrected chi connectivity index (χ1v) is 7.13. The van der Waals surface area contributed by atoms with Gasteiger partial charge in [0.2, 0.25) is 5.95 Å². The maximum absolute atomic E-state index is 11.7. The average molecular weight is 289 g/mol. The Bertz CT molecular complexity index is 932. The molecule has 4 heterocycles. The lowest BCUT2D eigenvalue weighted by Crippen LogP contribution is -2.10. The van der Waals surface area contributed by atoms with Gasteiger partial charge in [-0.3, -0.25) is 9.78 Å². The molecule has 0 saturated carbocycles. The minimum absolute atomic E-state index is 0.0720. The molecule has 0 spiro atoms. The second-order valence-electron chi connectivity index (χ2n) is 3.99. The Morgan fingerprint density at radius 2 is 2.11 bits per heavy atom. The van der Waals surface area contributed by atoms with Gasteiger partial charge < -0.3 is 10.7 Å². The fraction of sp³-hybridized carbons (Fsp3) is 0. The van der Waals surface area contributed by atoms with Gasteiger partial charge in [0, 0.05) is 9.40 Å². The van der Waals surface area contributed by atoms with Crippen LogP contribution in [0, 0.1) is 0 Å². The van der Waals surface area contributed by atoms with E-state index in [-0.39, 0.29) is 11.5 Å². The number of nitrogens with one attached hydrogen (secondary N) is 2. The number of fused-ring (bicyclic) bond motifs is 2. The van der Waals surface area contributed by atoms with Gasteiger partial charge in [-0.05, 0) is 17.5 Å². The molecule has 0 radical (unpaired) electrons. The molecule has 0 unspecified atom stereocenters. The fourth-order valence-electron chi connectivity index (χ4n) is 1.92. The number of anilines is 1. The largest absolute Gasteiger partial charge is 0.369 e. The van der Waals surface area contributed by atoms with Gasteiger partial charge in [-0.25, -0.2) is 4.98 Å².